The number of ether oxygens (including phenoxy) is 2. The van der Waals surface area contributed by atoms with E-state index in [0.717, 1.165) is 21.8 Å². The molecule has 8 heteroatoms. The summed E-state index contributed by atoms with van der Waals surface area (Å²) in [5.74, 6) is 0.377. The van der Waals surface area contributed by atoms with Crippen molar-refractivity contribution in [2.24, 2.45) is 0 Å². The Morgan fingerprint density at radius 1 is 1.00 bits per heavy atom. The minimum atomic E-state index is -0.456. The van der Waals surface area contributed by atoms with Crippen LogP contribution in [0.1, 0.15) is 32.2 Å². The number of thiazole rings is 1. The van der Waals surface area contributed by atoms with Crippen molar-refractivity contribution in [1.82, 2.24) is 15.8 Å². The molecule has 30 heavy (non-hydrogen) atoms. The molecule has 0 saturated carbocycles. The lowest BCUT2D eigenvalue weighted by molar-refractivity contribution is -0.123. The smallest absolute Gasteiger partial charge is 0.276 e. The van der Waals surface area contributed by atoms with E-state index in [2.05, 4.69) is 15.8 Å². The van der Waals surface area contributed by atoms with Crippen molar-refractivity contribution >= 4 is 23.2 Å². The summed E-state index contributed by atoms with van der Waals surface area (Å²) in [6.45, 7) is 5.96. The summed E-state index contributed by atoms with van der Waals surface area (Å²) in [5.41, 5.74) is 7.95. The molecule has 0 saturated heterocycles. The predicted molar refractivity (Wildman–Crippen MR) is 115 cm³/mol. The van der Waals surface area contributed by atoms with Gasteiger partial charge in [-0.25, -0.2) is 4.98 Å². The topological polar surface area (TPSA) is 89.6 Å². The van der Waals surface area contributed by atoms with Gasteiger partial charge in [-0.2, -0.15) is 0 Å². The Kier molecular flexibility index (Phi) is 7.03. The summed E-state index contributed by atoms with van der Waals surface area (Å²) < 4.78 is 11.2. The van der Waals surface area contributed by atoms with E-state index in [4.69, 9.17) is 9.47 Å². The molecular weight excluding hydrogens is 402 g/mol. The van der Waals surface area contributed by atoms with Crippen LogP contribution < -0.4 is 20.3 Å². The Morgan fingerprint density at radius 3 is 2.47 bits per heavy atom. The molecular formula is C22H23N3O4S. The molecule has 156 valence electrons. The third-order valence-corrected chi connectivity index (χ3v) is 5.01. The second-order valence-corrected chi connectivity index (χ2v) is 7.79. The lowest BCUT2D eigenvalue weighted by Crippen LogP contribution is -2.43. The van der Waals surface area contributed by atoms with Crippen LogP contribution in [-0.4, -0.2) is 23.4 Å². The zero-order chi connectivity index (χ0) is 21.5. The molecule has 3 rings (SSSR count). The second-order valence-electron chi connectivity index (χ2n) is 6.73. The Labute approximate surface area is 179 Å². The molecule has 0 fully saturated rings. The van der Waals surface area contributed by atoms with Crippen molar-refractivity contribution in [1.29, 1.82) is 0 Å². The lowest BCUT2D eigenvalue weighted by atomic mass is 10.1. The number of aromatic nitrogens is 1. The Bertz CT molecular complexity index is 1030. The zero-order valence-corrected chi connectivity index (χ0v) is 17.8. The van der Waals surface area contributed by atoms with Gasteiger partial charge in [-0.3, -0.25) is 20.4 Å². The van der Waals surface area contributed by atoms with Gasteiger partial charge in [0.1, 0.15) is 18.1 Å². The van der Waals surface area contributed by atoms with Gasteiger partial charge in [0, 0.05) is 10.9 Å². The molecule has 3 aromatic rings. The lowest BCUT2D eigenvalue weighted by Gasteiger charge is -2.11. The zero-order valence-electron chi connectivity index (χ0n) is 17.0. The van der Waals surface area contributed by atoms with E-state index in [1.165, 1.54) is 0 Å². The van der Waals surface area contributed by atoms with Gasteiger partial charge in [-0.15, -0.1) is 11.3 Å². The van der Waals surface area contributed by atoms with Crippen molar-refractivity contribution in [2.45, 2.75) is 27.4 Å². The van der Waals surface area contributed by atoms with Gasteiger partial charge in [0.2, 0.25) is 0 Å². The van der Waals surface area contributed by atoms with Crippen molar-refractivity contribution in [3.63, 3.8) is 0 Å². The van der Waals surface area contributed by atoms with Crippen molar-refractivity contribution < 1.29 is 19.1 Å². The highest BCUT2D eigenvalue weighted by Crippen LogP contribution is 2.19. The van der Waals surface area contributed by atoms with Crippen LogP contribution in [0.5, 0.6) is 11.5 Å². The number of nitrogens with zero attached hydrogens (tertiary/aromatic N) is 1. The molecule has 2 N–H and O–H groups in total. The number of benzene rings is 2. The predicted octanol–water partition coefficient (Wildman–Crippen LogP) is 3.49. The highest BCUT2D eigenvalue weighted by atomic mass is 32.1. The fraction of sp³-hybridized carbons (Fsp3) is 0.227. The Balaban J connectivity index is 1.43. The third kappa shape index (κ3) is 6.05. The number of hydrogen-bond donors (Lipinski definition) is 2. The van der Waals surface area contributed by atoms with Crippen LogP contribution in [0.3, 0.4) is 0 Å². The first kappa shape index (κ1) is 21.3. The molecule has 0 spiro atoms. The van der Waals surface area contributed by atoms with Gasteiger partial charge < -0.3 is 9.47 Å². The standard InChI is InChI=1S/C22H23N3O4S/c1-14-4-5-15(2)20(10-14)29-12-21(26)24-25-22(27)17-6-8-19(9-7-17)28-11-18-13-30-16(3)23-18/h4-10,13H,11-12H2,1-3H3,(H,24,26)(H,25,27). The van der Waals surface area contributed by atoms with Gasteiger partial charge in [0.05, 0.1) is 10.7 Å². The van der Waals surface area contributed by atoms with Crippen LogP contribution in [0.4, 0.5) is 0 Å². The molecule has 0 aliphatic carbocycles. The van der Waals surface area contributed by atoms with E-state index in [1.54, 1.807) is 35.6 Å². The molecule has 0 radical (unpaired) electrons. The Morgan fingerprint density at radius 2 is 1.77 bits per heavy atom. The maximum absolute atomic E-state index is 12.2. The molecule has 0 aliphatic rings. The molecule has 1 aromatic heterocycles. The first-order valence-electron chi connectivity index (χ1n) is 9.34. The normalized spacial score (nSPS) is 10.4. The monoisotopic (exact) mass is 425 g/mol. The summed E-state index contributed by atoms with van der Waals surface area (Å²) in [5, 5.41) is 2.94. The fourth-order valence-corrected chi connectivity index (χ4v) is 3.17. The van der Waals surface area contributed by atoms with Crippen molar-refractivity contribution in [3.05, 3.63) is 75.2 Å². The Hall–Kier alpha value is -3.39. The minimum Gasteiger partial charge on any atom is -0.487 e. The summed E-state index contributed by atoms with van der Waals surface area (Å²) in [4.78, 5) is 28.5. The number of carbonyl (C=O) groups excluding carboxylic acids is 2. The quantitative estimate of drug-likeness (QED) is 0.566. The van der Waals surface area contributed by atoms with E-state index in [0.29, 0.717) is 23.7 Å². The number of carbonyl (C=O) groups is 2. The highest BCUT2D eigenvalue weighted by molar-refractivity contribution is 7.09. The van der Waals surface area contributed by atoms with Crippen molar-refractivity contribution in [2.75, 3.05) is 6.61 Å². The minimum absolute atomic E-state index is 0.201. The maximum atomic E-state index is 12.2. The summed E-state index contributed by atoms with van der Waals surface area (Å²) in [6, 6.07) is 12.4. The van der Waals surface area contributed by atoms with Crippen LogP contribution in [-0.2, 0) is 11.4 Å². The molecule has 0 aliphatic heterocycles. The number of rotatable bonds is 7. The largest absolute Gasteiger partial charge is 0.487 e. The number of hydrazine groups is 1. The highest BCUT2D eigenvalue weighted by Gasteiger charge is 2.09. The van der Waals surface area contributed by atoms with Gasteiger partial charge >= 0.3 is 0 Å². The van der Waals surface area contributed by atoms with Gasteiger partial charge in [0.25, 0.3) is 11.8 Å². The van der Waals surface area contributed by atoms with Crippen LogP contribution in [0.2, 0.25) is 0 Å². The fourth-order valence-electron chi connectivity index (χ4n) is 2.58. The summed E-state index contributed by atoms with van der Waals surface area (Å²) in [7, 11) is 0. The number of aryl methyl sites for hydroxylation is 3. The summed E-state index contributed by atoms with van der Waals surface area (Å²) in [6.07, 6.45) is 0. The molecule has 2 amide bonds. The van der Waals surface area contributed by atoms with Crippen LogP contribution in [0.25, 0.3) is 0 Å². The van der Waals surface area contributed by atoms with Gasteiger partial charge in [-0.05, 0) is 62.2 Å². The third-order valence-electron chi connectivity index (χ3n) is 4.19. The summed E-state index contributed by atoms with van der Waals surface area (Å²) >= 11 is 1.57. The molecule has 1 heterocycles. The molecule has 0 atom stereocenters. The number of hydrogen-bond acceptors (Lipinski definition) is 6. The first-order chi connectivity index (χ1) is 14.4. The molecule has 0 unspecified atom stereocenters. The molecule has 7 nitrogen and oxygen atoms in total. The average Bonchev–Trinajstić information content (AvgIpc) is 3.16. The second kappa shape index (κ2) is 9.89. The first-order valence-corrected chi connectivity index (χ1v) is 10.2. The number of amides is 2. The maximum Gasteiger partial charge on any atom is 0.276 e. The molecule has 2 aromatic carbocycles. The van der Waals surface area contributed by atoms with E-state index < -0.39 is 11.8 Å². The van der Waals surface area contributed by atoms with Crippen molar-refractivity contribution in [3.8, 4) is 11.5 Å². The molecule has 0 bridgehead atoms. The van der Waals surface area contributed by atoms with E-state index in [-0.39, 0.29) is 6.61 Å². The van der Waals surface area contributed by atoms with Gasteiger partial charge in [0.15, 0.2) is 6.61 Å². The van der Waals surface area contributed by atoms with Crippen LogP contribution >= 0.6 is 11.3 Å². The van der Waals surface area contributed by atoms with Gasteiger partial charge in [-0.1, -0.05) is 12.1 Å². The van der Waals surface area contributed by atoms with Crippen LogP contribution in [0, 0.1) is 20.8 Å². The average molecular weight is 426 g/mol. The van der Waals surface area contributed by atoms with E-state index in [9.17, 15) is 9.59 Å². The number of nitrogens with one attached hydrogen (secondary N) is 2. The van der Waals surface area contributed by atoms with E-state index in [1.807, 2.05) is 44.4 Å². The SMILES string of the molecule is Cc1ccc(C)c(OCC(=O)NNC(=O)c2ccc(OCc3csc(C)n3)cc2)c1. The van der Waals surface area contributed by atoms with E-state index >= 15 is 0 Å². The van der Waals surface area contributed by atoms with Crippen LogP contribution in [0.15, 0.2) is 47.8 Å².